The molecule has 2 aromatic heterocycles. The van der Waals surface area contributed by atoms with Crippen LogP contribution in [-0.4, -0.2) is 26.3 Å². The van der Waals surface area contributed by atoms with Gasteiger partial charge in [0.25, 0.3) is 5.89 Å². The van der Waals surface area contributed by atoms with E-state index in [1.54, 1.807) is 6.07 Å². The van der Waals surface area contributed by atoms with E-state index in [2.05, 4.69) is 36.3 Å². The average molecular weight is 405 g/mol. The fourth-order valence-corrected chi connectivity index (χ4v) is 2.28. The fraction of sp³-hybridized carbons (Fsp3) is 0.294. The number of nitrogens with one attached hydrogen (secondary N) is 1. The molecule has 3 rings (SSSR count). The molecule has 0 unspecified atom stereocenters. The number of carbonyl (C=O) groups excluding carboxylic acids is 1. The molecule has 0 saturated carbocycles. The SMILES string of the molecule is CC(C)(C)c1noc(COC(=O)c2cc(-c3ccc(Br)cc3)n[nH]2)n1. The smallest absolute Gasteiger partial charge is 0.356 e. The molecule has 1 N–H and O–H groups in total. The molecule has 7 nitrogen and oxygen atoms in total. The minimum atomic E-state index is -0.536. The van der Waals surface area contributed by atoms with Gasteiger partial charge in [0.2, 0.25) is 0 Å². The molecule has 0 aliphatic heterocycles. The van der Waals surface area contributed by atoms with Crippen LogP contribution in [0.15, 0.2) is 39.3 Å². The largest absolute Gasteiger partial charge is 0.451 e. The molecule has 0 atom stereocenters. The van der Waals surface area contributed by atoms with Crippen LogP contribution in [0.2, 0.25) is 0 Å². The zero-order chi connectivity index (χ0) is 18.0. The molecule has 0 bridgehead atoms. The Balaban J connectivity index is 1.64. The normalized spacial score (nSPS) is 11.5. The number of benzene rings is 1. The summed E-state index contributed by atoms with van der Waals surface area (Å²) in [6.07, 6.45) is 0. The number of aromatic nitrogens is 4. The summed E-state index contributed by atoms with van der Waals surface area (Å²) in [7, 11) is 0. The Labute approximate surface area is 152 Å². The van der Waals surface area contributed by atoms with E-state index in [-0.39, 0.29) is 23.6 Å². The second kappa shape index (κ2) is 6.79. The van der Waals surface area contributed by atoms with E-state index in [0.717, 1.165) is 10.0 Å². The van der Waals surface area contributed by atoms with E-state index in [1.165, 1.54) is 0 Å². The van der Waals surface area contributed by atoms with Crippen LogP contribution >= 0.6 is 15.9 Å². The summed E-state index contributed by atoms with van der Waals surface area (Å²) in [5.41, 5.74) is 1.58. The van der Waals surface area contributed by atoms with E-state index in [9.17, 15) is 4.79 Å². The molecule has 0 aliphatic carbocycles. The molecular weight excluding hydrogens is 388 g/mol. The minimum Gasteiger partial charge on any atom is -0.451 e. The van der Waals surface area contributed by atoms with Crippen molar-refractivity contribution >= 4 is 21.9 Å². The van der Waals surface area contributed by atoms with E-state index >= 15 is 0 Å². The predicted molar refractivity (Wildman–Crippen MR) is 93.8 cm³/mol. The summed E-state index contributed by atoms with van der Waals surface area (Å²) in [5, 5.41) is 10.7. The molecule has 1 aromatic carbocycles. The molecule has 0 saturated heterocycles. The highest BCUT2D eigenvalue weighted by molar-refractivity contribution is 9.10. The van der Waals surface area contributed by atoms with E-state index in [1.807, 2.05) is 45.0 Å². The van der Waals surface area contributed by atoms with Crippen LogP contribution in [0.5, 0.6) is 0 Å². The lowest BCUT2D eigenvalue weighted by Gasteiger charge is -2.10. The summed E-state index contributed by atoms with van der Waals surface area (Å²) in [6, 6.07) is 9.26. The monoisotopic (exact) mass is 404 g/mol. The summed E-state index contributed by atoms with van der Waals surface area (Å²) in [4.78, 5) is 16.4. The summed E-state index contributed by atoms with van der Waals surface area (Å²) < 4.78 is 11.3. The van der Waals surface area contributed by atoms with Crippen molar-refractivity contribution in [3.05, 3.63) is 52.2 Å². The van der Waals surface area contributed by atoms with Crippen molar-refractivity contribution in [1.82, 2.24) is 20.3 Å². The van der Waals surface area contributed by atoms with Crippen LogP contribution < -0.4 is 0 Å². The molecule has 2 heterocycles. The van der Waals surface area contributed by atoms with Gasteiger partial charge in [0.05, 0.1) is 5.69 Å². The first-order valence-electron chi connectivity index (χ1n) is 7.64. The Morgan fingerprint density at radius 3 is 2.64 bits per heavy atom. The van der Waals surface area contributed by atoms with Crippen molar-refractivity contribution in [2.75, 3.05) is 0 Å². The number of aromatic amines is 1. The van der Waals surface area contributed by atoms with Crippen LogP contribution in [0.3, 0.4) is 0 Å². The lowest BCUT2D eigenvalue weighted by molar-refractivity contribution is 0.0423. The topological polar surface area (TPSA) is 93.9 Å². The van der Waals surface area contributed by atoms with Gasteiger partial charge in [-0.2, -0.15) is 10.1 Å². The van der Waals surface area contributed by atoms with Crippen molar-refractivity contribution in [2.24, 2.45) is 0 Å². The van der Waals surface area contributed by atoms with Crippen molar-refractivity contribution in [2.45, 2.75) is 32.8 Å². The third kappa shape index (κ3) is 4.14. The van der Waals surface area contributed by atoms with E-state index < -0.39 is 5.97 Å². The maximum absolute atomic E-state index is 12.1. The quantitative estimate of drug-likeness (QED) is 0.663. The number of hydrogen-bond donors (Lipinski definition) is 1. The van der Waals surface area contributed by atoms with E-state index in [4.69, 9.17) is 9.26 Å². The van der Waals surface area contributed by atoms with Crippen molar-refractivity contribution in [3.63, 3.8) is 0 Å². The summed E-state index contributed by atoms with van der Waals surface area (Å²) >= 11 is 3.38. The van der Waals surface area contributed by atoms with Crippen molar-refractivity contribution in [1.29, 1.82) is 0 Å². The molecule has 0 spiro atoms. The second-order valence-corrected chi connectivity index (χ2v) is 7.43. The Morgan fingerprint density at radius 2 is 2.00 bits per heavy atom. The zero-order valence-electron chi connectivity index (χ0n) is 14.0. The third-order valence-corrected chi connectivity index (χ3v) is 3.93. The highest BCUT2D eigenvalue weighted by atomic mass is 79.9. The molecule has 0 amide bonds. The Kier molecular flexibility index (Phi) is 4.71. The first kappa shape index (κ1) is 17.3. The van der Waals surface area contributed by atoms with Gasteiger partial charge >= 0.3 is 5.97 Å². The standard InChI is InChI=1S/C17H17BrN4O3/c1-17(2,3)16-19-14(25-22-16)9-24-15(23)13-8-12(20-21-13)10-4-6-11(18)7-5-10/h4-8H,9H2,1-3H3,(H,20,21). The number of halogens is 1. The number of ether oxygens (including phenoxy) is 1. The fourth-order valence-electron chi connectivity index (χ4n) is 2.02. The number of nitrogens with zero attached hydrogens (tertiary/aromatic N) is 3. The highest BCUT2D eigenvalue weighted by Gasteiger charge is 2.21. The minimum absolute atomic E-state index is 0.0887. The molecule has 8 heteroatoms. The number of carbonyl (C=O) groups is 1. The summed E-state index contributed by atoms with van der Waals surface area (Å²) in [6.45, 7) is 5.83. The summed E-state index contributed by atoms with van der Waals surface area (Å²) in [5.74, 6) is 0.287. The van der Waals surface area contributed by atoms with Crippen LogP contribution in [0, 0.1) is 0 Å². The molecule has 25 heavy (non-hydrogen) atoms. The maximum Gasteiger partial charge on any atom is 0.356 e. The molecule has 3 aromatic rings. The van der Waals surface area contributed by atoms with Gasteiger partial charge in [0.1, 0.15) is 5.69 Å². The second-order valence-electron chi connectivity index (χ2n) is 6.51. The van der Waals surface area contributed by atoms with Gasteiger partial charge in [-0.05, 0) is 18.2 Å². The van der Waals surface area contributed by atoms with Crippen LogP contribution in [0.4, 0.5) is 0 Å². The van der Waals surface area contributed by atoms with Gasteiger partial charge in [-0.3, -0.25) is 5.10 Å². The first-order valence-corrected chi connectivity index (χ1v) is 8.44. The Hall–Kier alpha value is -2.48. The van der Waals surface area contributed by atoms with Crippen molar-refractivity contribution in [3.8, 4) is 11.3 Å². The Bertz CT molecular complexity index is 878. The lowest BCUT2D eigenvalue weighted by atomic mass is 9.96. The van der Waals surface area contributed by atoms with Crippen LogP contribution in [0.25, 0.3) is 11.3 Å². The van der Waals surface area contributed by atoms with E-state index in [0.29, 0.717) is 11.5 Å². The van der Waals surface area contributed by atoms with Gasteiger partial charge in [0.15, 0.2) is 12.4 Å². The molecular formula is C17H17BrN4O3. The number of esters is 1. The zero-order valence-corrected chi connectivity index (χ0v) is 15.6. The molecule has 0 fully saturated rings. The third-order valence-electron chi connectivity index (χ3n) is 3.40. The first-order chi connectivity index (χ1) is 11.8. The highest BCUT2D eigenvalue weighted by Crippen LogP contribution is 2.21. The number of hydrogen-bond acceptors (Lipinski definition) is 6. The number of rotatable bonds is 4. The Morgan fingerprint density at radius 1 is 1.28 bits per heavy atom. The van der Waals surface area contributed by atoms with Gasteiger partial charge in [-0.25, -0.2) is 4.79 Å². The van der Waals surface area contributed by atoms with Crippen LogP contribution in [-0.2, 0) is 16.8 Å². The lowest BCUT2D eigenvalue weighted by Crippen LogP contribution is -2.13. The van der Waals surface area contributed by atoms with Gasteiger partial charge in [0, 0.05) is 15.5 Å². The molecule has 0 aliphatic rings. The predicted octanol–water partition coefficient (Wildman–Crippen LogP) is 3.88. The maximum atomic E-state index is 12.1. The molecule has 130 valence electrons. The van der Waals surface area contributed by atoms with Gasteiger partial charge in [-0.1, -0.05) is 54.0 Å². The average Bonchev–Trinajstić information content (AvgIpc) is 3.22. The number of H-pyrrole nitrogens is 1. The van der Waals surface area contributed by atoms with Gasteiger partial charge < -0.3 is 9.26 Å². The van der Waals surface area contributed by atoms with Gasteiger partial charge in [-0.15, -0.1) is 0 Å². The van der Waals surface area contributed by atoms with Crippen molar-refractivity contribution < 1.29 is 14.1 Å². The molecule has 0 radical (unpaired) electrons. The van der Waals surface area contributed by atoms with Crippen LogP contribution in [0.1, 0.15) is 43.0 Å².